The van der Waals surface area contributed by atoms with E-state index in [1.165, 1.54) is 6.08 Å². The molecule has 2 fully saturated rings. The van der Waals surface area contributed by atoms with Crippen molar-refractivity contribution in [3.05, 3.63) is 12.0 Å². The molecule has 1 spiro atoms. The van der Waals surface area contributed by atoms with Gasteiger partial charge in [0.15, 0.2) is 5.79 Å². The third kappa shape index (κ3) is 5.10. The summed E-state index contributed by atoms with van der Waals surface area (Å²) in [6.07, 6.45) is 5.76. The first-order valence-electron chi connectivity index (χ1n) is 8.86. The largest absolute Gasteiger partial charge is 0.481 e. The summed E-state index contributed by atoms with van der Waals surface area (Å²) in [6, 6.07) is 0. The fourth-order valence-corrected chi connectivity index (χ4v) is 3.72. The monoisotopic (exact) mass is 327 g/mol. The van der Waals surface area contributed by atoms with E-state index in [4.69, 9.17) is 19.7 Å². The van der Waals surface area contributed by atoms with Crippen LogP contribution in [0.25, 0.3) is 0 Å². The smallest absolute Gasteiger partial charge is 0.271 e. The molecule has 0 aromatic heterocycles. The standard InChI is InChI=1S/C18H33NO4/c1-5-19(11-8-16(20)21)12-15-13-22-18(23-15)9-6-14(7-10-18)17(2,3)4/h8,14-15,20-21H,5-7,9-13H2,1-4H3. The number of aliphatic hydroxyl groups excluding tert-OH is 1. The van der Waals surface area contributed by atoms with E-state index in [-0.39, 0.29) is 11.9 Å². The van der Waals surface area contributed by atoms with Gasteiger partial charge in [-0.05, 0) is 30.7 Å². The van der Waals surface area contributed by atoms with Crippen molar-refractivity contribution >= 4 is 0 Å². The quantitative estimate of drug-likeness (QED) is 0.755. The zero-order chi connectivity index (χ0) is 17.1. The molecule has 134 valence electrons. The van der Waals surface area contributed by atoms with E-state index in [1.807, 2.05) is 0 Å². The first-order valence-corrected chi connectivity index (χ1v) is 8.86. The highest BCUT2D eigenvalue weighted by molar-refractivity contribution is 4.90. The highest BCUT2D eigenvalue weighted by Gasteiger charge is 2.45. The maximum absolute atomic E-state index is 8.88. The molecule has 2 N–H and O–H groups in total. The molecule has 1 aliphatic carbocycles. The summed E-state index contributed by atoms with van der Waals surface area (Å²) >= 11 is 0. The summed E-state index contributed by atoms with van der Waals surface area (Å²) < 4.78 is 12.3. The number of nitrogens with zero attached hydrogens (tertiary/aromatic N) is 1. The second kappa shape index (κ2) is 7.41. The van der Waals surface area contributed by atoms with Crippen molar-refractivity contribution in [2.45, 2.75) is 65.3 Å². The molecule has 1 heterocycles. The minimum atomic E-state index is -0.621. The third-order valence-electron chi connectivity index (χ3n) is 5.33. The van der Waals surface area contributed by atoms with Crippen LogP contribution in [-0.4, -0.2) is 53.2 Å². The van der Waals surface area contributed by atoms with Gasteiger partial charge in [0.1, 0.15) is 0 Å². The summed E-state index contributed by atoms with van der Waals surface area (Å²) in [5.74, 6) is -0.256. The molecule has 1 saturated carbocycles. The normalized spacial score (nSPS) is 31.7. The molecule has 0 aromatic carbocycles. The predicted molar refractivity (Wildman–Crippen MR) is 90.4 cm³/mol. The van der Waals surface area contributed by atoms with Gasteiger partial charge in [-0.15, -0.1) is 0 Å². The second-order valence-corrected chi connectivity index (χ2v) is 8.02. The maximum atomic E-state index is 8.88. The molecule has 1 atom stereocenters. The molecule has 5 heteroatoms. The van der Waals surface area contributed by atoms with Gasteiger partial charge in [0.25, 0.3) is 5.95 Å². The number of rotatable bonds is 5. The lowest BCUT2D eigenvalue weighted by molar-refractivity contribution is -0.197. The van der Waals surface area contributed by atoms with Crippen molar-refractivity contribution in [1.82, 2.24) is 4.90 Å². The minimum Gasteiger partial charge on any atom is -0.481 e. The van der Waals surface area contributed by atoms with Gasteiger partial charge in [-0.1, -0.05) is 27.7 Å². The summed E-state index contributed by atoms with van der Waals surface area (Å²) in [7, 11) is 0. The average Bonchev–Trinajstić information content (AvgIpc) is 2.85. The first kappa shape index (κ1) is 18.6. The van der Waals surface area contributed by atoms with Crippen LogP contribution in [0, 0.1) is 11.3 Å². The molecule has 0 bridgehead atoms. The van der Waals surface area contributed by atoms with E-state index >= 15 is 0 Å². The summed E-state index contributed by atoms with van der Waals surface area (Å²) in [5.41, 5.74) is 0.358. The van der Waals surface area contributed by atoms with Crippen LogP contribution in [0.3, 0.4) is 0 Å². The van der Waals surface area contributed by atoms with Crippen molar-refractivity contribution in [3.8, 4) is 0 Å². The van der Waals surface area contributed by atoms with Gasteiger partial charge >= 0.3 is 0 Å². The zero-order valence-corrected chi connectivity index (χ0v) is 15.0. The van der Waals surface area contributed by atoms with Gasteiger partial charge in [0, 0.05) is 32.0 Å². The SMILES string of the molecule is CCN(CC=C(O)O)CC1COC2(CCC(C(C)(C)C)CC2)O1. The molecule has 0 aromatic rings. The number of hydrogen-bond acceptors (Lipinski definition) is 5. The van der Waals surface area contributed by atoms with E-state index < -0.39 is 5.95 Å². The Morgan fingerprint density at radius 1 is 1.26 bits per heavy atom. The van der Waals surface area contributed by atoms with Crippen LogP contribution in [0.15, 0.2) is 12.0 Å². The van der Waals surface area contributed by atoms with E-state index in [2.05, 4.69) is 32.6 Å². The van der Waals surface area contributed by atoms with Crippen molar-refractivity contribution in [2.24, 2.45) is 11.3 Å². The summed E-state index contributed by atoms with van der Waals surface area (Å²) in [6.45, 7) is 11.7. The van der Waals surface area contributed by atoms with Crippen LogP contribution in [0.2, 0.25) is 0 Å². The third-order valence-corrected chi connectivity index (χ3v) is 5.33. The highest BCUT2D eigenvalue weighted by Crippen LogP contribution is 2.45. The molecule has 0 amide bonds. The summed E-state index contributed by atoms with van der Waals surface area (Å²) in [4.78, 5) is 2.13. The lowest BCUT2D eigenvalue weighted by atomic mass is 9.71. The Hall–Kier alpha value is -0.780. The van der Waals surface area contributed by atoms with Gasteiger partial charge in [-0.2, -0.15) is 0 Å². The van der Waals surface area contributed by atoms with Gasteiger partial charge < -0.3 is 19.7 Å². The van der Waals surface area contributed by atoms with E-state index in [9.17, 15) is 0 Å². The fraction of sp³-hybridized carbons (Fsp3) is 0.889. The Bertz CT molecular complexity index is 404. The van der Waals surface area contributed by atoms with Crippen LogP contribution in [0.1, 0.15) is 53.4 Å². The Balaban J connectivity index is 1.83. The molecule has 5 nitrogen and oxygen atoms in total. The van der Waals surface area contributed by atoms with Crippen LogP contribution in [-0.2, 0) is 9.47 Å². The number of aliphatic hydroxyl groups is 2. The van der Waals surface area contributed by atoms with Crippen molar-refractivity contribution in [3.63, 3.8) is 0 Å². The number of hydrogen-bond donors (Lipinski definition) is 2. The van der Waals surface area contributed by atoms with Gasteiger partial charge in [-0.3, -0.25) is 4.90 Å². The van der Waals surface area contributed by atoms with Crippen molar-refractivity contribution in [2.75, 3.05) is 26.2 Å². The van der Waals surface area contributed by atoms with Gasteiger partial charge in [-0.25, -0.2) is 0 Å². The number of ether oxygens (including phenoxy) is 2. The molecule has 1 unspecified atom stereocenters. The lowest BCUT2D eigenvalue weighted by Gasteiger charge is -2.41. The summed E-state index contributed by atoms with van der Waals surface area (Å²) in [5, 5.41) is 17.8. The average molecular weight is 327 g/mol. The second-order valence-electron chi connectivity index (χ2n) is 8.02. The molecule has 1 aliphatic heterocycles. The van der Waals surface area contributed by atoms with Crippen LogP contribution < -0.4 is 0 Å². The van der Waals surface area contributed by atoms with E-state index in [1.54, 1.807) is 0 Å². The zero-order valence-electron chi connectivity index (χ0n) is 15.0. The van der Waals surface area contributed by atoms with Gasteiger partial charge in [0.05, 0.1) is 12.7 Å². The highest BCUT2D eigenvalue weighted by atomic mass is 16.7. The lowest BCUT2D eigenvalue weighted by Crippen LogP contribution is -2.40. The molecule has 2 aliphatic rings. The molecule has 23 heavy (non-hydrogen) atoms. The minimum absolute atomic E-state index is 0.0652. The van der Waals surface area contributed by atoms with Crippen LogP contribution in [0.4, 0.5) is 0 Å². The van der Waals surface area contributed by atoms with Crippen LogP contribution >= 0.6 is 0 Å². The van der Waals surface area contributed by atoms with E-state index in [0.717, 1.165) is 44.7 Å². The topological polar surface area (TPSA) is 62.2 Å². The molecule has 0 radical (unpaired) electrons. The van der Waals surface area contributed by atoms with E-state index in [0.29, 0.717) is 18.6 Å². The van der Waals surface area contributed by atoms with Crippen molar-refractivity contribution < 1.29 is 19.7 Å². The molecular formula is C18H33NO4. The van der Waals surface area contributed by atoms with Crippen molar-refractivity contribution in [1.29, 1.82) is 0 Å². The molecule has 1 saturated heterocycles. The predicted octanol–water partition coefficient (Wildman–Crippen LogP) is 3.61. The first-order chi connectivity index (χ1) is 10.7. The fourth-order valence-electron chi connectivity index (χ4n) is 3.72. The number of likely N-dealkylation sites (N-methyl/N-ethyl adjacent to an activating group) is 1. The molecular weight excluding hydrogens is 294 g/mol. The van der Waals surface area contributed by atoms with Gasteiger partial charge in [0.2, 0.25) is 0 Å². The Kier molecular flexibility index (Phi) is 5.98. The van der Waals surface area contributed by atoms with Crippen LogP contribution in [0.5, 0.6) is 0 Å². The Labute approximate surface area is 140 Å². The Morgan fingerprint density at radius 2 is 1.91 bits per heavy atom. The maximum Gasteiger partial charge on any atom is 0.271 e. The molecule has 2 rings (SSSR count). The Morgan fingerprint density at radius 3 is 2.43 bits per heavy atom.